The number of ether oxygens (including phenoxy) is 1. The Bertz CT molecular complexity index is 1280. The minimum absolute atomic E-state index is 0.0208. The second-order valence-corrected chi connectivity index (χ2v) is 11.2. The van der Waals surface area contributed by atoms with Crippen molar-refractivity contribution in [2.75, 3.05) is 40.3 Å². The molecule has 9 nitrogen and oxygen atoms in total. The lowest BCUT2D eigenvalue weighted by atomic mass is 9.91. The molecule has 2 aromatic heterocycles. The summed E-state index contributed by atoms with van der Waals surface area (Å²) >= 11 is 6.41. The Labute approximate surface area is 228 Å². The Morgan fingerprint density at radius 3 is 2.41 bits per heavy atom. The molecule has 0 bridgehead atoms. The summed E-state index contributed by atoms with van der Waals surface area (Å²) in [7, 11) is 3.59. The van der Waals surface area contributed by atoms with Crippen LogP contribution in [0.4, 0.5) is 13.2 Å². The molecule has 0 unspecified atom stereocenters. The first-order valence-electron chi connectivity index (χ1n) is 13.1. The van der Waals surface area contributed by atoms with E-state index in [9.17, 15) is 27.6 Å². The summed E-state index contributed by atoms with van der Waals surface area (Å²) in [6.45, 7) is 0.515. The second-order valence-electron chi connectivity index (χ2n) is 10.9. The number of imidazole rings is 1. The van der Waals surface area contributed by atoms with Gasteiger partial charge in [0.15, 0.2) is 11.3 Å². The van der Waals surface area contributed by atoms with E-state index in [1.165, 1.54) is 11.1 Å². The minimum atomic E-state index is -4.66. The maximum atomic E-state index is 13.8. The third kappa shape index (κ3) is 5.86. The van der Waals surface area contributed by atoms with Gasteiger partial charge in [0.05, 0.1) is 12.1 Å². The largest absolute Gasteiger partial charge is 0.461 e. The first kappa shape index (κ1) is 27.7. The number of halogens is 4. The molecule has 2 aliphatic carbocycles. The number of likely N-dealkylation sites (N-methyl/N-ethyl adjacent to an activating group) is 1. The van der Waals surface area contributed by atoms with Crippen molar-refractivity contribution in [2.24, 2.45) is 0 Å². The number of nitrogens with zero attached hydrogens (tertiary/aromatic N) is 5. The van der Waals surface area contributed by atoms with Gasteiger partial charge in [-0.15, -0.1) is 0 Å². The molecule has 39 heavy (non-hydrogen) atoms. The molecule has 212 valence electrons. The summed E-state index contributed by atoms with van der Waals surface area (Å²) < 4.78 is 48.1. The second kappa shape index (κ2) is 10.6. The van der Waals surface area contributed by atoms with E-state index < -0.39 is 23.3 Å². The van der Waals surface area contributed by atoms with Crippen molar-refractivity contribution in [3.8, 4) is 0 Å². The molecule has 0 spiro atoms. The summed E-state index contributed by atoms with van der Waals surface area (Å²) in [5.74, 6) is -1.15. The molecular weight excluding hydrogens is 539 g/mol. The van der Waals surface area contributed by atoms with Crippen molar-refractivity contribution in [2.45, 2.75) is 62.8 Å². The van der Waals surface area contributed by atoms with Gasteiger partial charge < -0.3 is 14.5 Å². The minimum Gasteiger partial charge on any atom is -0.461 e. The highest BCUT2D eigenvalue weighted by atomic mass is 35.5. The number of esters is 1. The van der Waals surface area contributed by atoms with Crippen LogP contribution >= 0.6 is 11.6 Å². The van der Waals surface area contributed by atoms with Crippen LogP contribution in [-0.4, -0.2) is 94.3 Å². The highest BCUT2D eigenvalue weighted by Crippen LogP contribution is 2.43. The molecule has 3 fully saturated rings. The Hall–Kier alpha value is -2.86. The quantitative estimate of drug-likeness (QED) is 0.494. The Kier molecular flexibility index (Phi) is 7.53. The number of carbonyl (C=O) groups is 3. The fourth-order valence-electron chi connectivity index (χ4n) is 5.47. The van der Waals surface area contributed by atoms with E-state index in [0.29, 0.717) is 37.8 Å². The lowest BCUT2D eigenvalue weighted by Crippen LogP contribution is -2.56. The van der Waals surface area contributed by atoms with Crippen molar-refractivity contribution < 1.29 is 32.3 Å². The van der Waals surface area contributed by atoms with Crippen LogP contribution < -0.4 is 0 Å². The Morgan fingerprint density at radius 2 is 1.82 bits per heavy atom. The topological polar surface area (TPSA) is 87.5 Å². The van der Waals surface area contributed by atoms with Gasteiger partial charge in [0.25, 0.3) is 5.91 Å². The summed E-state index contributed by atoms with van der Waals surface area (Å²) in [4.78, 5) is 47.0. The molecular formula is C26H31ClF3N5O4. The molecule has 0 radical (unpaired) electrons. The van der Waals surface area contributed by atoms with Crippen LogP contribution in [0.2, 0.25) is 5.15 Å². The molecule has 0 aromatic carbocycles. The average molecular weight is 570 g/mol. The normalized spacial score (nSPS) is 22.6. The summed E-state index contributed by atoms with van der Waals surface area (Å²) in [5.41, 5.74) is -1.14. The monoisotopic (exact) mass is 569 g/mol. The lowest BCUT2D eigenvalue weighted by Gasteiger charge is -2.41. The van der Waals surface area contributed by atoms with Gasteiger partial charge in [0.2, 0.25) is 5.91 Å². The van der Waals surface area contributed by atoms with E-state index in [-0.39, 0.29) is 60.4 Å². The van der Waals surface area contributed by atoms with Crippen LogP contribution in [0.3, 0.4) is 0 Å². The molecule has 3 heterocycles. The maximum Gasteiger partial charge on any atom is 0.419 e. The molecule has 2 saturated carbocycles. The summed E-state index contributed by atoms with van der Waals surface area (Å²) in [5, 5.41) is -0.194. The van der Waals surface area contributed by atoms with Crippen LogP contribution in [-0.2, 0) is 20.5 Å². The maximum absolute atomic E-state index is 13.8. The Morgan fingerprint density at radius 1 is 1.13 bits per heavy atom. The fraction of sp³-hybridized carbons (Fsp3) is 0.615. The molecule has 2 aromatic rings. The van der Waals surface area contributed by atoms with Crippen molar-refractivity contribution in [1.29, 1.82) is 0 Å². The van der Waals surface area contributed by atoms with Gasteiger partial charge >= 0.3 is 12.1 Å². The predicted molar refractivity (Wildman–Crippen MR) is 135 cm³/mol. The average Bonchev–Trinajstić information content (AvgIpc) is 3.66. The molecule has 1 saturated heterocycles. The number of rotatable bonds is 6. The van der Waals surface area contributed by atoms with Crippen LogP contribution in [0, 0.1) is 0 Å². The Balaban J connectivity index is 1.25. The summed E-state index contributed by atoms with van der Waals surface area (Å²) in [6.07, 6.45) is 0.953. The van der Waals surface area contributed by atoms with Gasteiger partial charge in [-0.3, -0.25) is 23.7 Å². The van der Waals surface area contributed by atoms with E-state index in [2.05, 4.69) is 4.98 Å². The van der Waals surface area contributed by atoms with Gasteiger partial charge in [-0.2, -0.15) is 13.2 Å². The number of pyridine rings is 1. The lowest BCUT2D eigenvalue weighted by molar-refractivity contribution is -0.153. The highest BCUT2D eigenvalue weighted by Gasteiger charge is 2.39. The zero-order valence-electron chi connectivity index (χ0n) is 21.8. The van der Waals surface area contributed by atoms with Crippen LogP contribution in [0.1, 0.15) is 66.1 Å². The van der Waals surface area contributed by atoms with E-state index in [0.717, 1.165) is 23.3 Å². The molecule has 0 atom stereocenters. The number of hydrogen-bond donors (Lipinski definition) is 0. The standard InChI is InChI=1S/C26H31ClF3N5O4/c1-32(2)14-21(37)39-18-7-5-17(6-8-18)34-10-9-33(13-20(34)36)25(38)22-23(27)35-12-16(15-3-4-15)11-19(24(35)31-22)26(28,29)30/h11-12,15,17-18H,3-10,13-14H2,1-2H3. The van der Waals surface area contributed by atoms with Crippen molar-refractivity contribution in [3.63, 3.8) is 0 Å². The molecule has 13 heteroatoms. The zero-order valence-corrected chi connectivity index (χ0v) is 22.6. The molecule has 0 N–H and O–H groups in total. The molecule has 1 aliphatic heterocycles. The summed E-state index contributed by atoms with van der Waals surface area (Å²) in [6, 6.07) is 1.07. The van der Waals surface area contributed by atoms with E-state index in [1.54, 1.807) is 23.9 Å². The van der Waals surface area contributed by atoms with Crippen LogP contribution in [0.5, 0.6) is 0 Å². The number of piperazine rings is 1. The first-order valence-corrected chi connectivity index (χ1v) is 13.5. The molecule has 3 aliphatic rings. The number of amides is 2. The fourth-order valence-corrected chi connectivity index (χ4v) is 5.73. The third-order valence-electron chi connectivity index (χ3n) is 7.61. The number of aromatic nitrogens is 2. The van der Waals surface area contributed by atoms with Crippen molar-refractivity contribution in [1.82, 2.24) is 24.1 Å². The van der Waals surface area contributed by atoms with Gasteiger partial charge in [-0.1, -0.05) is 11.6 Å². The third-order valence-corrected chi connectivity index (χ3v) is 7.97. The highest BCUT2D eigenvalue weighted by molar-refractivity contribution is 6.33. The van der Waals surface area contributed by atoms with Gasteiger partial charge in [-0.05, 0) is 70.2 Å². The zero-order chi connectivity index (χ0) is 28.1. The number of alkyl halides is 3. The molecule has 2 amide bonds. The van der Waals surface area contributed by atoms with Crippen molar-refractivity contribution in [3.05, 3.63) is 34.2 Å². The smallest absolute Gasteiger partial charge is 0.419 e. The van der Waals surface area contributed by atoms with E-state index in [1.807, 2.05) is 0 Å². The number of hydrogen-bond acceptors (Lipinski definition) is 6. The number of fused-ring (bicyclic) bond motifs is 1. The number of carbonyl (C=O) groups excluding carboxylic acids is 3. The first-order chi connectivity index (χ1) is 18.4. The molecule has 5 rings (SSSR count). The van der Waals surface area contributed by atoms with Crippen LogP contribution in [0.15, 0.2) is 12.3 Å². The van der Waals surface area contributed by atoms with Crippen LogP contribution in [0.25, 0.3) is 5.65 Å². The van der Waals surface area contributed by atoms with Gasteiger partial charge in [-0.25, -0.2) is 4.98 Å². The van der Waals surface area contributed by atoms with Gasteiger partial charge in [0, 0.05) is 25.3 Å². The van der Waals surface area contributed by atoms with E-state index in [4.69, 9.17) is 16.3 Å². The van der Waals surface area contributed by atoms with Gasteiger partial charge in [0.1, 0.15) is 17.8 Å². The SMILES string of the molecule is CN(C)CC(=O)OC1CCC(N2CCN(C(=O)c3nc4c(C(F)(F)F)cc(C5CC5)cn4c3Cl)CC2=O)CC1. The van der Waals surface area contributed by atoms with Crippen molar-refractivity contribution >= 4 is 35.0 Å². The van der Waals surface area contributed by atoms with E-state index >= 15 is 0 Å². The predicted octanol–water partition coefficient (Wildman–Crippen LogP) is 3.58.